The molecule has 1 heterocycles. The Kier molecular flexibility index (Phi) is 5.15. The second-order valence-electron chi connectivity index (χ2n) is 6.46. The van der Waals surface area contributed by atoms with E-state index in [0.29, 0.717) is 6.61 Å². The SMILES string of the molecule is C[Si](C)(C)/C=C/CC1N[C@@H](c2ccccc2)COC1O. The summed E-state index contributed by atoms with van der Waals surface area (Å²) in [4.78, 5) is 0. The van der Waals surface area contributed by atoms with Gasteiger partial charge in [-0.3, -0.25) is 0 Å². The lowest BCUT2D eigenvalue weighted by molar-refractivity contribution is -0.152. The van der Waals surface area contributed by atoms with E-state index in [2.05, 4.69) is 48.9 Å². The quantitative estimate of drug-likeness (QED) is 0.838. The molecule has 0 bridgehead atoms. The fraction of sp³-hybridized carbons (Fsp3) is 0.500. The van der Waals surface area contributed by atoms with Gasteiger partial charge in [0, 0.05) is 0 Å². The fourth-order valence-electron chi connectivity index (χ4n) is 2.33. The van der Waals surface area contributed by atoms with Crippen molar-refractivity contribution >= 4 is 8.07 Å². The van der Waals surface area contributed by atoms with Crippen LogP contribution < -0.4 is 5.32 Å². The summed E-state index contributed by atoms with van der Waals surface area (Å²) in [6.07, 6.45) is 2.26. The van der Waals surface area contributed by atoms with Crippen LogP contribution in [0.25, 0.3) is 0 Å². The number of benzene rings is 1. The van der Waals surface area contributed by atoms with Gasteiger partial charge in [0.05, 0.1) is 26.8 Å². The summed E-state index contributed by atoms with van der Waals surface area (Å²) in [5, 5.41) is 13.5. The average Bonchev–Trinajstić information content (AvgIpc) is 2.40. The molecular weight excluding hydrogens is 266 g/mol. The summed E-state index contributed by atoms with van der Waals surface area (Å²) < 4.78 is 5.51. The molecule has 1 saturated heterocycles. The van der Waals surface area contributed by atoms with Gasteiger partial charge >= 0.3 is 0 Å². The lowest BCUT2D eigenvalue weighted by Gasteiger charge is -2.34. The van der Waals surface area contributed by atoms with Crippen molar-refractivity contribution in [2.45, 2.75) is 44.4 Å². The van der Waals surface area contributed by atoms with Crippen molar-refractivity contribution in [3.63, 3.8) is 0 Å². The average molecular weight is 291 g/mol. The minimum absolute atomic E-state index is 0.0402. The number of rotatable bonds is 4. The minimum atomic E-state index is -1.18. The maximum Gasteiger partial charge on any atom is 0.170 e. The summed E-state index contributed by atoms with van der Waals surface area (Å²) in [6, 6.07) is 10.4. The van der Waals surface area contributed by atoms with Gasteiger partial charge in [0.25, 0.3) is 0 Å². The molecule has 20 heavy (non-hydrogen) atoms. The predicted molar refractivity (Wildman–Crippen MR) is 85.2 cm³/mol. The van der Waals surface area contributed by atoms with Gasteiger partial charge in [0.1, 0.15) is 0 Å². The summed E-state index contributed by atoms with van der Waals surface area (Å²) in [5.74, 6) is 0. The summed E-state index contributed by atoms with van der Waals surface area (Å²) >= 11 is 0. The van der Waals surface area contributed by atoms with Crippen LogP contribution in [0.15, 0.2) is 42.1 Å². The standard InChI is InChI=1S/C16H25NO2Si/c1-20(2,3)11-7-10-14-16(18)19-12-15(17-14)13-8-5-4-6-9-13/h4-9,11,14-18H,10,12H2,1-3H3/b11-7+/t14?,15-,16?/m1/s1. The first kappa shape index (κ1) is 15.4. The number of aliphatic hydroxyl groups is 1. The zero-order chi connectivity index (χ0) is 14.6. The summed E-state index contributed by atoms with van der Waals surface area (Å²) in [5.41, 5.74) is 3.52. The second-order valence-corrected chi connectivity index (χ2v) is 11.5. The van der Waals surface area contributed by atoms with Crippen molar-refractivity contribution < 1.29 is 9.84 Å². The molecule has 0 spiro atoms. The zero-order valence-corrected chi connectivity index (χ0v) is 13.5. The van der Waals surface area contributed by atoms with Crippen molar-refractivity contribution in [3.05, 3.63) is 47.7 Å². The first-order chi connectivity index (χ1) is 9.46. The highest BCUT2D eigenvalue weighted by Crippen LogP contribution is 2.21. The Labute approximate surface area is 122 Å². The van der Waals surface area contributed by atoms with E-state index in [1.807, 2.05) is 18.2 Å². The Morgan fingerprint density at radius 1 is 1.30 bits per heavy atom. The van der Waals surface area contributed by atoms with Crippen molar-refractivity contribution in [3.8, 4) is 0 Å². The highest BCUT2D eigenvalue weighted by Gasteiger charge is 2.29. The molecule has 1 aromatic carbocycles. The highest BCUT2D eigenvalue weighted by atomic mass is 28.3. The van der Waals surface area contributed by atoms with Crippen LogP contribution >= 0.6 is 0 Å². The molecule has 0 amide bonds. The Balaban J connectivity index is 1.97. The van der Waals surface area contributed by atoms with Crippen molar-refractivity contribution in [2.24, 2.45) is 0 Å². The molecule has 1 fully saturated rings. The van der Waals surface area contributed by atoms with E-state index in [4.69, 9.17) is 4.74 Å². The molecule has 1 aromatic rings. The molecule has 2 unspecified atom stereocenters. The van der Waals surface area contributed by atoms with Crippen LogP contribution in [0.2, 0.25) is 19.6 Å². The fourth-order valence-corrected chi connectivity index (χ4v) is 3.17. The highest BCUT2D eigenvalue weighted by molar-refractivity contribution is 6.80. The molecule has 2 rings (SSSR count). The van der Waals surface area contributed by atoms with Crippen LogP contribution in [0.5, 0.6) is 0 Å². The first-order valence-electron chi connectivity index (χ1n) is 7.24. The predicted octanol–water partition coefficient (Wildman–Crippen LogP) is 2.86. The van der Waals surface area contributed by atoms with E-state index in [-0.39, 0.29) is 12.1 Å². The maximum absolute atomic E-state index is 9.96. The molecule has 1 aliphatic rings. The second kappa shape index (κ2) is 6.67. The summed E-state index contributed by atoms with van der Waals surface area (Å²) in [7, 11) is -1.18. The Morgan fingerprint density at radius 2 is 2.00 bits per heavy atom. The van der Waals surface area contributed by atoms with Gasteiger partial charge in [-0.25, -0.2) is 0 Å². The third-order valence-electron chi connectivity index (χ3n) is 3.40. The Morgan fingerprint density at radius 3 is 2.65 bits per heavy atom. The maximum atomic E-state index is 9.96. The number of nitrogens with one attached hydrogen (secondary N) is 1. The smallest absolute Gasteiger partial charge is 0.170 e. The molecule has 3 atom stereocenters. The van der Waals surface area contributed by atoms with Crippen LogP contribution in [0.3, 0.4) is 0 Å². The van der Waals surface area contributed by atoms with Gasteiger partial charge in [-0.05, 0) is 12.0 Å². The van der Waals surface area contributed by atoms with Crippen LogP contribution in [0, 0.1) is 0 Å². The lowest BCUT2D eigenvalue weighted by Crippen LogP contribution is -2.49. The van der Waals surface area contributed by atoms with E-state index in [1.54, 1.807) is 0 Å². The van der Waals surface area contributed by atoms with Crippen molar-refractivity contribution in [2.75, 3.05) is 6.61 Å². The number of hydrogen-bond donors (Lipinski definition) is 2. The molecule has 4 heteroatoms. The Hall–Kier alpha value is -0.943. The van der Waals surface area contributed by atoms with Crippen molar-refractivity contribution in [1.29, 1.82) is 0 Å². The number of morpholine rings is 1. The van der Waals surface area contributed by atoms with Gasteiger partial charge in [0.2, 0.25) is 0 Å². The molecule has 0 aromatic heterocycles. The molecule has 1 aliphatic heterocycles. The van der Waals surface area contributed by atoms with Gasteiger partial charge in [-0.15, -0.1) is 0 Å². The molecular formula is C16H25NO2Si. The van der Waals surface area contributed by atoms with Gasteiger partial charge in [-0.2, -0.15) is 0 Å². The first-order valence-corrected chi connectivity index (χ1v) is 10.8. The topological polar surface area (TPSA) is 41.5 Å². The third kappa shape index (κ3) is 4.56. The van der Waals surface area contributed by atoms with Gasteiger partial charge in [0.15, 0.2) is 6.29 Å². The van der Waals surface area contributed by atoms with Crippen LogP contribution in [-0.2, 0) is 4.74 Å². The van der Waals surface area contributed by atoms with Crippen LogP contribution in [-0.4, -0.2) is 32.1 Å². The van der Waals surface area contributed by atoms with Crippen molar-refractivity contribution in [1.82, 2.24) is 5.32 Å². The van der Waals surface area contributed by atoms with E-state index in [1.165, 1.54) is 5.56 Å². The van der Waals surface area contributed by atoms with Gasteiger partial charge in [-0.1, -0.05) is 61.7 Å². The zero-order valence-electron chi connectivity index (χ0n) is 12.5. The molecule has 110 valence electrons. The van der Waals surface area contributed by atoms with E-state index < -0.39 is 14.4 Å². The monoisotopic (exact) mass is 291 g/mol. The molecule has 0 saturated carbocycles. The molecule has 3 nitrogen and oxygen atoms in total. The normalized spacial score (nSPS) is 27.9. The van der Waals surface area contributed by atoms with E-state index >= 15 is 0 Å². The largest absolute Gasteiger partial charge is 0.367 e. The van der Waals surface area contributed by atoms with Crippen LogP contribution in [0.1, 0.15) is 18.0 Å². The molecule has 0 radical (unpaired) electrons. The minimum Gasteiger partial charge on any atom is -0.367 e. The summed E-state index contributed by atoms with van der Waals surface area (Å²) in [6.45, 7) is 7.42. The van der Waals surface area contributed by atoms with E-state index in [9.17, 15) is 5.11 Å². The number of aliphatic hydroxyl groups excluding tert-OH is 1. The Bertz CT molecular complexity index is 442. The van der Waals surface area contributed by atoms with Gasteiger partial charge < -0.3 is 15.2 Å². The number of hydrogen-bond acceptors (Lipinski definition) is 3. The van der Waals surface area contributed by atoms with Crippen LogP contribution in [0.4, 0.5) is 0 Å². The number of ether oxygens (including phenoxy) is 1. The van der Waals surface area contributed by atoms with E-state index in [0.717, 1.165) is 6.42 Å². The molecule has 0 aliphatic carbocycles. The lowest BCUT2D eigenvalue weighted by atomic mass is 10.0. The molecule has 2 N–H and O–H groups in total. The third-order valence-corrected chi connectivity index (χ3v) is 4.64.